The number of carbonyl (C=O) groups excluding carboxylic acids is 1. The number of aromatic nitrogens is 1. The molecular formula is C30H35N3O2. The molecule has 5 rings (SSSR count). The van der Waals surface area contributed by atoms with E-state index in [1.165, 1.54) is 18.5 Å². The third-order valence-corrected chi connectivity index (χ3v) is 7.42. The van der Waals surface area contributed by atoms with Gasteiger partial charge in [0.2, 0.25) is 0 Å². The highest BCUT2D eigenvalue weighted by molar-refractivity contribution is 5.77. The standard InChI is InChI=1S/C30H35N3O2/c1-21(22-9-11-23(12-10-22)25-15-16-27(31-19-25)24-13-14-24)33-18-17-30(32-28(33)34,20-29(2,3)35)26-7-5-4-6-8-26/h4-12,15-16,19,21,24,35H,13-14,17-18,20H2,1-3H3,(H,32,34)/t21-,30-/m0/s1. The number of benzene rings is 2. The molecule has 1 aliphatic heterocycles. The van der Waals surface area contributed by atoms with Gasteiger partial charge < -0.3 is 15.3 Å². The topological polar surface area (TPSA) is 65.5 Å². The second-order valence-electron chi connectivity index (χ2n) is 10.9. The zero-order valence-corrected chi connectivity index (χ0v) is 20.9. The summed E-state index contributed by atoms with van der Waals surface area (Å²) in [5.41, 5.74) is 4.09. The second kappa shape index (κ2) is 9.12. The summed E-state index contributed by atoms with van der Waals surface area (Å²) < 4.78 is 0. The van der Waals surface area contributed by atoms with Gasteiger partial charge in [-0.15, -0.1) is 0 Å². The first-order valence-electron chi connectivity index (χ1n) is 12.7. The monoisotopic (exact) mass is 469 g/mol. The van der Waals surface area contributed by atoms with Crippen LogP contribution < -0.4 is 5.32 Å². The van der Waals surface area contributed by atoms with Crippen LogP contribution in [0.15, 0.2) is 72.9 Å². The number of rotatable bonds is 7. The van der Waals surface area contributed by atoms with Crippen LogP contribution in [0.1, 0.15) is 75.2 Å². The number of amides is 2. The maximum atomic E-state index is 13.4. The summed E-state index contributed by atoms with van der Waals surface area (Å²) in [6.07, 6.45) is 5.67. The lowest BCUT2D eigenvalue weighted by Gasteiger charge is -2.47. The number of nitrogens with one attached hydrogen (secondary N) is 1. The van der Waals surface area contributed by atoms with E-state index < -0.39 is 11.1 Å². The minimum atomic E-state index is -0.904. The Hall–Kier alpha value is -3.18. The van der Waals surface area contributed by atoms with Gasteiger partial charge in [0.1, 0.15) is 0 Å². The van der Waals surface area contributed by atoms with Crippen molar-refractivity contribution in [2.45, 2.75) is 69.6 Å². The van der Waals surface area contributed by atoms with E-state index in [-0.39, 0.29) is 12.1 Å². The number of hydrogen-bond donors (Lipinski definition) is 2. The van der Waals surface area contributed by atoms with E-state index >= 15 is 0 Å². The lowest BCUT2D eigenvalue weighted by atomic mass is 9.77. The molecule has 2 amide bonds. The highest BCUT2D eigenvalue weighted by Gasteiger charge is 2.43. The summed E-state index contributed by atoms with van der Waals surface area (Å²) >= 11 is 0. The van der Waals surface area contributed by atoms with Crippen molar-refractivity contribution in [3.05, 3.63) is 89.7 Å². The fraction of sp³-hybridized carbons (Fsp3) is 0.400. The zero-order valence-electron chi connectivity index (χ0n) is 20.9. The Morgan fingerprint density at radius 2 is 1.74 bits per heavy atom. The van der Waals surface area contributed by atoms with Crippen LogP contribution in [0, 0.1) is 0 Å². The van der Waals surface area contributed by atoms with E-state index in [4.69, 9.17) is 0 Å². The quantitative estimate of drug-likeness (QED) is 0.436. The van der Waals surface area contributed by atoms with Crippen LogP contribution in [-0.2, 0) is 5.54 Å². The Bertz CT molecular complexity index is 1160. The number of nitrogens with zero attached hydrogens (tertiary/aromatic N) is 2. The van der Waals surface area contributed by atoms with Crippen molar-refractivity contribution in [3.63, 3.8) is 0 Å². The van der Waals surface area contributed by atoms with Crippen LogP contribution >= 0.6 is 0 Å². The van der Waals surface area contributed by atoms with Gasteiger partial charge in [0, 0.05) is 36.3 Å². The second-order valence-corrected chi connectivity index (χ2v) is 10.9. The Labute approximate surface area is 208 Å². The Morgan fingerprint density at radius 3 is 2.31 bits per heavy atom. The van der Waals surface area contributed by atoms with Gasteiger partial charge in [0.05, 0.1) is 17.2 Å². The molecular weight excluding hydrogens is 434 g/mol. The summed E-state index contributed by atoms with van der Waals surface area (Å²) in [5.74, 6) is 0.659. The zero-order chi connectivity index (χ0) is 24.6. The first kappa shape index (κ1) is 23.6. The molecule has 1 aliphatic carbocycles. The first-order valence-corrected chi connectivity index (χ1v) is 12.7. The fourth-order valence-corrected chi connectivity index (χ4v) is 5.40. The minimum absolute atomic E-state index is 0.0599. The van der Waals surface area contributed by atoms with Crippen molar-refractivity contribution < 1.29 is 9.90 Å². The molecule has 1 saturated heterocycles. The molecule has 2 heterocycles. The summed E-state index contributed by atoms with van der Waals surface area (Å²) in [6.45, 7) is 6.29. The Kier molecular flexibility index (Phi) is 6.14. The van der Waals surface area contributed by atoms with Gasteiger partial charge in [0.25, 0.3) is 0 Å². The molecule has 0 spiro atoms. The average molecular weight is 470 g/mol. The van der Waals surface area contributed by atoms with E-state index in [1.54, 1.807) is 13.8 Å². The van der Waals surface area contributed by atoms with Gasteiger partial charge in [-0.1, -0.05) is 60.7 Å². The Balaban J connectivity index is 1.31. The van der Waals surface area contributed by atoms with E-state index in [0.717, 1.165) is 28.7 Å². The minimum Gasteiger partial charge on any atom is -0.390 e. The molecule has 1 saturated carbocycles. The Morgan fingerprint density at radius 1 is 1.06 bits per heavy atom. The smallest absolute Gasteiger partial charge is 0.318 e. The molecule has 2 N–H and O–H groups in total. The number of pyridine rings is 1. The summed E-state index contributed by atoms with van der Waals surface area (Å²) in [7, 11) is 0. The number of aliphatic hydroxyl groups is 1. The molecule has 0 unspecified atom stereocenters. The lowest BCUT2D eigenvalue weighted by molar-refractivity contribution is 0.0221. The maximum Gasteiger partial charge on any atom is 0.318 e. The summed E-state index contributed by atoms with van der Waals surface area (Å²) in [5, 5.41) is 13.9. The van der Waals surface area contributed by atoms with Gasteiger partial charge in [-0.3, -0.25) is 4.98 Å². The first-order chi connectivity index (χ1) is 16.7. The van der Waals surface area contributed by atoms with Crippen molar-refractivity contribution in [1.82, 2.24) is 15.2 Å². The lowest BCUT2D eigenvalue weighted by Crippen LogP contribution is -2.60. The van der Waals surface area contributed by atoms with Gasteiger partial charge in [-0.25, -0.2) is 4.79 Å². The van der Waals surface area contributed by atoms with Crippen molar-refractivity contribution in [1.29, 1.82) is 0 Å². The van der Waals surface area contributed by atoms with Crippen LogP contribution in [0.4, 0.5) is 4.79 Å². The number of hydrogen-bond acceptors (Lipinski definition) is 3. The van der Waals surface area contributed by atoms with Gasteiger partial charge in [-0.05, 0) is 62.8 Å². The molecule has 2 atom stereocenters. The summed E-state index contributed by atoms with van der Waals surface area (Å²) in [4.78, 5) is 19.9. The van der Waals surface area contributed by atoms with E-state index in [1.807, 2.05) is 41.4 Å². The summed E-state index contributed by atoms with van der Waals surface area (Å²) in [6, 6.07) is 22.6. The molecule has 0 bridgehead atoms. The number of urea groups is 1. The van der Waals surface area contributed by atoms with Gasteiger partial charge >= 0.3 is 6.03 Å². The molecule has 35 heavy (non-hydrogen) atoms. The van der Waals surface area contributed by atoms with E-state index in [0.29, 0.717) is 18.9 Å². The number of carbonyl (C=O) groups is 1. The van der Waals surface area contributed by atoms with Crippen LogP contribution in [0.3, 0.4) is 0 Å². The largest absolute Gasteiger partial charge is 0.390 e. The third kappa shape index (κ3) is 5.10. The predicted molar refractivity (Wildman–Crippen MR) is 139 cm³/mol. The molecule has 2 aromatic carbocycles. The highest BCUT2D eigenvalue weighted by Crippen LogP contribution is 2.40. The van der Waals surface area contributed by atoms with Crippen molar-refractivity contribution in [2.24, 2.45) is 0 Å². The maximum absolute atomic E-state index is 13.4. The van der Waals surface area contributed by atoms with Crippen molar-refractivity contribution in [2.75, 3.05) is 6.54 Å². The molecule has 5 heteroatoms. The molecule has 182 valence electrons. The molecule has 5 nitrogen and oxygen atoms in total. The third-order valence-electron chi connectivity index (χ3n) is 7.42. The van der Waals surface area contributed by atoms with Crippen molar-refractivity contribution in [3.8, 4) is 11.1 Å². The normalized spacial score (nSPS) is 21.5. The molecule has 3 aromatic rings. The van der Waals surface area contributed by atoms with Crippen LogP contribution in [0.25, 0.3) is 11.1 Å². The van der Waals surface area contributed by atoms with Gasteiger partial charge in [0.15, 0.2) is 0 Å². The van der Waals surface area contributed by atoms with Crippen LogP contribution in [0.2, 0.25) is 0 Å². The van der Waals surface area contributed by atoms with E-state index in [9.17, 15) is 9.90 Å². The SMILES string of the molecule is C[C@@H](c1ccc(-c2ccc(C3CC3)nc2)cc1)N1CC[C@](CC(C)(C)O)(c2ccccc2)NC1=O. The van der Waals surface area contributed by atoms with Gasteiger partial charge in [-0.2, -0.15) is 0 Å². The van der Waals surface area contributed by atoms with E-state index in [2.05, 4.69) is 53.6 Å². The highest BCUT2D eigenvalue weighted by atomic mass is 16.3. The molecule has 1 aromatic heterocycles. The molecule has 0 radical (unpaired) electrons. The molecule has 2 fully saturated rings. The predicted octanol–water partition coefficient (Wildman–Crippen LogP) is 6.16. The van der Waals surface area contributed by atoms with Crippen molar-refractivity contribution >= 4 is 6.03 Å². The average Bonchev–Trinajstić information content (AvgIpc) is 3.69. The molecule has 2 aliphatic rings. The fourth-order valence-electron chi connectivity index (χ4n) is 5.40. The van der Waals surface area contributed by atoms with Crippen LogP contribution in [0.5, 0.6) is 0 Å². The van der Waals surface area contributed by atoms with Crippen LogP contribution in [-0.4, -0.2) is 33.2 Å².